The van der Waals surface area contributed by atoms with Crippen LogP contribution in [-0.4, -0.2) is 19.2 Å². The van der Waals surface area contributed by atoms with Crippen LogP contribution in [0.25, 0.3) is 0 Å². The van der Waals surface area contributed by atoms with Crippen molar-refractivity contribution in [3.05, 3.63) is 21.9 Å². The molecule has 0 saturated heterocycles. The van der Waals surface area contributed by atoms with Crippen LogP contribution in [0.15, 0.2) is 11.8 Å². The standard InChI is InChI=1S/C7H13NO4Si/c1-6(8(10)11)5-7(9)12-13(2,3)4/h5H,1-4H3/b6-5-. The Kier molecular flexibility index (Phi) is 3.80. The third-order valence-electron chi connectivity index (χ3n) is 1.02. The summed E-state index contributed by atoms with van der Waals surface area (Å²) in [5.41, 5.74) is -0.205. The van der Waals surface area contributed by atoms with Crippen LogP contribution < -0.4 is 0 Å². The Morgan fingerprint density at radius 3 is 2.23 bits per heavy atom. The van der Waals surface area contributed by atoms with Crippen molar-refractivity contribution < 1.29 is 14.1 Å². The maximum absolute atomic E-state index is 11.0. The second-order valence-electron chi connectivity index (χ2n) is 3.58. The molecule has 0 aromatic heterocycles. The van der Waals surface area contributed by atoms with E-state index in [-0.39, 0.29) is 5.70 Å². The summed E-state index contributed by atoms with van der Waals surface area (Å²) in [6.07, 6.45) is 0.901. The van der Waals surface area contributed by atoms with E-state index in [2.05, 4.69) is 0 Å². The molecule has 6 heteroatoms. The molecule has 0 fully saturated rings. The van der Waals surface area contributed by atoms with Gasteiger partial charge in [-0.25, -0.2) is 4.79 Å². The first-order valence-electron chi connectivity index (χ1n) is 3.78. The molecule has 0 N–H and O–H groups in total. The van der Waals surface area contributed by atoms with Crippen LogP contribution >= 0.6 is 0 Å². The number of carbonyl (C=O) groups is 1. The van der Waals surface area contributed by atoms with E-state index < -0.39 is 19.2 Å². The summed E-state index contributed by atoms with van der Waals surface area (Å²) in [4.78, 5) is 20.5. The highest BCUT2D eigenvalue weighted by Crippen LogP contribution is 2.04. The average Bonchev–Trinajstić information content (AvgIpc) is 1.81. The molecule has 74 valence electrons. The number of allylic oxidation sites excluding steroid dienone is 1. The molecule has 0 aromatic carbocycles. The van der Waals surface area contributed by atoms with Gasteiger partial charge in [-0.3, -0.25) is 10.1 Å². The van der Waals surface area contributed by atoms with Crippen LogP contribution in [0.5, 0.6) is 0 Å². The summed E-state index contributed by atoms with van der Waals surface area (Å²) >= 11 is 0. The molecule has 0 aliphatic carbocycles. The third kappa shape index (κ3) is 6.03. The predicted molar refractivity (Wildman–Crippen MR) is 50.2 cm³/mol. The van der Waals surface area contributed by atoms with Gasteiger partial charge >= 0.3 is 5.97 Å². The fraction of sp³-hybridized carbons (Fsp3) is 0.571. The minimum atomic E-state index is -1.94. The Labute approximate surface area is 77.7 Å². The highest BCUT2D eigenvalue weighted by atomic mass is 28.4. The van der Waals surface area contributed by atoms with Crippen molar-refractivity contribution >= 4 is 14.3 Å². The van der Waals surface area contributed by atoms with E-state index in [4.69, 9.17) is 4.43 Å². The number of rotatable bonds is 3. The van der Waals surface area contributed by atoms with Gasteiger partial charge in [-0.15, -0.1) is 0 Å². The zero-order valence-electron chi connectivity index (χ0n) is 8.16. The van der Waals surface area contributed by atoms with Crippen LogP contribution in [0.3, 0.4) is 0 Å². The molecule has 13 heavy (non-hydrogen) atoms. The van der Waals surface area contributed by atoms with Crippen molar-refractivity contribution in [2.75, 3.05) is 0 Å². The first kappa shape index (κ1) is 11.8. The van der Waals surface area contributed by atoms with Gasteiger partial charge in [0, 0.05) is 6.92 Å². The molecule has 0 aromatic rings. The Hall–Kier alpha value is -1.17. The first-order chi connectivity index (χ1) is 5.72. The Balaban J connectivity index is 4.32. The minimum Gasteiger partial charge on any atom is -0.517 e. The summed E-state index contributed by atoms with van der Waals surface area (Å²) in [7, 11) is -1.94. The SMILES string of the molecule is C/C(=C/C(=O)O[Si](C)(C)C)[N+](=O)[O-]. The topological polar surface area (TPSA) is 69.4 Å². The van der Waals surface area contributed by atoms with Crippen molar-refractivity contribution in [3.8, 4) is 0 Å². The van der Waals surface area contributed by atoms with Gasteiger partial charge in [-0.2, -0.15) is 0 Å². The maximum Gasteiger partial charge on any atom is 0.323 e. The molecule has 0 aliphatic heterocycles. The molecule has 5 nitrogen and oxygen atoms in total. The molecule has 0 saturated carbocycles. The molecule has 0 spiro atoms. The van der Waals surface area contributed by atoms with E-state index in [1.807, 2.05) is 19.6 Å². The summed E-state index contributed by atoms with van der Waals surface area (Å²) in [6, 6.07) is 0. The van der Waals surface area contributed by atoms with Crippen molar-refractivity contribution in [1.29, 1.82) is 0 Å². The average molecular weight is 203 g/mol. The number of nitrogens with zero attached hydrogens (tertiary/aromatic N) is 1. The van der Waals surface area contributed by atoms with Gasteiger partial charge in [-0.05, 0) is 19.6 Å². The van der Waals surface area contributed by atoms with E-state index in [0.29, 0.717) is 0 Å². The van der Waals surface area contributed by atoms with Gasteiger partial charge in [0.05, 0.1) is 11.0 Å². The number of hydrogen-bond acceptors (Lipinski definition) is 4. The van der Waals surface area contributed by atoms with Gasteiger partial charge in [0.1, 0.15) is 0 Å². The van der Waals surface area contributed by atoms with Gasteiger partial charge in [-0.1, -0.05) is 0 Å². The van der Waals surface area contributed by atoms with E-state index >= 15 is 0 Å². The van der Waals surface area contributed by atoms with Gasteiger partial charge < -0.3 is 4.43 Å². The molecule has 0 amide bonds. The number of nitro groups is 1. The lowest BCUT2D eigenvalue weighted by molar-refractivity contribution is -0.424. The molecule has 0 unspecified atom stereocenters. The zero-order valence-corrected chi connectivity index (χ0v) is 9.16. The molecule has 0 atom stereocenters. The molecule has 0 heterocycles. The van der Waals surface area contributed by atoms with Gasteiger partial charge in [0.25, 0.3) is 0 Å². The van der Waals surface area contributed by atoms with E-state index in [1.54, 1.807) is 0 Å². The van der Waals surface area contributed by atoms with E-state index in [1.165, 1.54) is 6.92 Å². The highest BCUT2D eigenvalue weighted by Gasteiger charge is 2.19. The van der Waals surface area contributed by atoms with Crippen LogP contribution in [0.2, 0.25) is 19.6 Å². The Morgan fingerprint density at radius 2 is 1.92 bits per heavy atom. The van der Waals surface area contributed by atoms with Crippen LogP contribution in [0.1, 0.15) is 6.92 Å². The summed E-state index contributed by atoms with van der Waals surface area (Å²) in [5.74, 6) is -0.631. The fourth-order valence-electron chi connectivity index (χ4n) is 0.554. The lowest BCUT2D eigenvalue weighted by Gasteiger charge is -2.15. The number of carbonyl (C=O) groups excluding carboxylic acids is 1. The second-order valence-corrected chi connectivity index (χ2v) is 8.01. The molecular formula is C7H13NO4Si. The molecule has 0 radical (unpaired) electrons. The smallest absolute Gasteiger partial charge is 0.323 e. The largest absolute Gasteiger partial charge is 0.517 e. The van der Waals surface area contributed by atoms with Gasteiger partial charge in [0.15, 0.2) is 0 Å². The quantitative estimate of drug-likeness (QED) is 0.302. The summed E-state index contributed by atoms with van der Waals surface area (Å²) < 4.78 is 4.98. The Bertz CT molecular complexity index is 254. The Morgan fingerprint density at radius 1 is 1.46 bits per heavy atom. The van der Waals surface area contributed by atoms with Gasteiger partial charge in [0.2, 0.25) is 14.0 Å². The van der Waals surface area contributed by atoms with Crippen LogP contribution in [-0.2, 0) is 9.22 Å². The molecular weight excluding hydrogens is 190 g/mol. The molecule has 0 aliphatic rings. The lowest BCUT2D eigenvalue weighted by atomic mass is 10.4. The first-order valence-corrected chi connectivity index (χ1v) is 7.19. The van der Waals surface area contributed by atoms with Crippen molar-refractivity contribution in [3.63, 3.8) is 0 Å². The predicted octanol–water partition coefficient (Wildman–Crippen LogP) is 1.54. The molecule has 0 rings (SSSR count). The summed E-state index contributed by atoms with van der Waals surface area (Å²) in [6.45, 7) is 6.76. The van der Waals surface area contributed by atoms with Crippen molar-refractivity contribution in [2.24, 2.45) is 0 Å². The normalized spacial score (nSPS) is 12.5. The van der Waals surface area contributed by atoms with Crippen molar-refractivity contribution in [2.45, 2.75) is 26.6 Å². The van der Waals surface area contributed by atoms with E-state index in [9.17, 15) is 14.9 Å². The lowest BCUT2D eigenvalue weighted by Crippen LogP contribution is -2.28. The van der Waals surface area contributed by atoms with E-state index in [0.717, 1.165) is 6.08 Å². The highest BCUT2D eigenvalue weighted by molar-refractivity contribution is 6.71. The maximum atomic E-state index is 11.0. The third-order valence-corrected chi connectivity index (χ3v) is 1.84. The monoisotopic (exact) mass is 203 g/mol. The molecule has 0 bridgehead atoms. The second kappa shape index (κ2) is 4.17. The number of hydrogen-bond donors (Lipinski definition) is 0. The van der Waals surface area contributed by atoms with Crippen LogP contribution in [0, 0.1) is 10.1 Å². The van der Waals surface area contributed by atoms with Crippen LogP contribution in [0.4, 0.5) is 0 Å². The summed E-state index contributed by atoms with van der Waals surface area (Å²) in [5, 5.41) is 10.1. The minimum absolute atomic E-state index is 0.205. The zero-order chi connectivity index (χ0) is 10.6. The van der Waals surface area contributed by atoms with Crippen molar-refractivity contribution in [1.82, 2.24) is 0 Å². The fourth-order valence-corrected chi connectivity index (χ4v) is 1.22.